The topological polar surface area (TPSA) is 148 Å². The zero-order valence-electron chi connectivity index (χ0n) is 19.4. The summed E-state index contributed by atoms with van der Waals surface area (Å²) in [6.45, 7) is 4.84. The van der Waals surface area contributed by atoms with E-state index in [9.17, 15) is 19.2 Å². The molecule has 0 saturated heterocycles. The first-order valence-corrected chi connectivity index (χ1v) is 12.9. The highest BCUT2D eigenvalue weighted by atomic mass is 32.2. The summed E-state index contributed by atoms with van der Waals surface area (Å²) in [6, 6.07) is 9.37. The predicted molar refractivity (Wildman–Crippen MR) is 131 cm³/mol. The summed E-state index contributed by atoms with van der Waals surface area (Å²) in [5.74, 6) is -0.0793. The number of ether oxygens (including phenoxy) is 1. The summed E-state index contributed by atoms with van der Waals surface area (Å²) < 4.78 is 22.2. The van der Waals surface area contributed by atoms with E-state index in [-0.39, 0.29) is 21.6 Å². The molecule has 2 atom stereocenters. The number of pyridine rings is 1. The standard InChI is InChI=1S/C23H28N4O5S2/c1-14(2)16-6-5-7-17(15-8-9-25-20(10-15)32-4)18(16)11-19(29)27-34(24,31)21-12-26-22(33-21)23(3,30)13-28/h5-10,12,14,28,30H,11,13H2,1-4H3,(H2,24,27,29,31). The highest BCUT2D eigenvalue weighted by molar-refractivity contribution is 7.93. The van der Waals surface area contributed by atoms with Crippen LogP contribution in [-0.2, 0) is 26.7 Å². The summed E-state index contributed by atoms with van der Waals surface area (Å²) in [5, 5.41) is 25.5. The van der Waals surface area contributed by atoms with Gasteiger partial charge in [0.05, 0.1) is 26.3 Å². The highest BCUT2D eigenvalue weighted by Crippen LogP contribution is 2.32. The van der Waals surface area contributed by atoms with Gasteiger partial charge in [0, 0.05) is 12.3 Å². The van der Waals surface area contributed by atoms with Crippen LogP contribution in [0.4, 0.5) is 0 Å². The van der Waals surface area contributed by atoms with Crippen LogP contribution in [0.25, 0.3) is 11.1 Å². The zero-order valence-corrected chi connectivity index (χ0v) is 21.0. The van der Waals surface area contributed by atoms with Crippen molar-refractivity contribution < 1.29 is 24.0 Å². The van der Waals surface area contributed by atoms with Gasteiger partial charge in [-0.1, -0.05) is 32.0 Å². The molecule has 3 aromatic rings. The summed E-state index contributed by atoms with van der Waals surface area (Å²) in [4.78, 5) is 21.1. The first-order chi connectivity index (χ1) is 16.0. The van der Waals surface area contributed by atoms with Gasteiger partial charge in [-0.2, -0.15) is 0 Å². The quantitative estimate of drug-likeness (QED) is 0.427. The third kappa shape index (κ3) is 5.68. The lowest BCUT2D eigenvalue weighted by molar-refractivity contribution is -0.117. The maximum absolute atomic E-state index is 13.1. The van der Waals surface area contributed by atoms with Gasteiger partial charge in [-0.05, 0) is 41.2 Å². The summed E-state index contributed by atoms with van der Waals surface area (Å²) in [7, 11) is -2.06. The molecule has 0 saturated carbocycles. The van der Waals surface area contributed by atoms with Crippen molar-refractivity contribution >= 4 is 27.2 Å². The molecule has 34 heavy (non-hydrogen) atoms. The van der Waals surface area contributed by atoms with Crippen LogP contribution in [0.5, 0.6) is 5.88 Å². The van der Waals surface area contributed by atoms with E-state index in [0.717, 1.165) is 33.6 Å². The van der Waals surface area contributed by atoms with Gasteiger partial charge in [-0.25, -0.2) is 19.3 Å². The molecule has 1 aromatic carbocycles. The van der Waals surface area contributed by atoms with Crippen LogP contribution in [0.15, 0.2) is 51.3 Å². The number of thiazole rings is 1. The largest absolute Gasteiger partial charge is 0.481 e. The van der Waals surface area contributed by atoms with Gasteiger partial charge in [0.1, 0.15) is 14.8 Å². The van der Waals surface area contributed by atoms with Crippen molar-refractivity contribution in [3.8, 4) is 17.0 Å². The second kappa shape index (κ2) is 10.3. The van der Waals surface area contributed by atoms with Crippen molar-refractivity contribution in [1.29, 1.82) is 0 Å². The number of carbonyl (C=O) groups is 1. The molecule has 2 aromatic heterocycles. The lowest BCUT2D eigenvalue weighted by atomic mass is 9.88. The number of amides is 1. The maximum atomic E-state index is 13.1. The molecule has 0 aliphatic heterocycles. The maximum Gasteiger partial charge on any atom is 0.259 e. The summed E-state index contributed by atoms with van der Waals surface area (Å²) in [6.07, 6.45) is 2.73. The molecule has 4 N–H and O–H groups in total. The summed E-state index contributed by atoms with van der Waals surface area (Å²) in [5.41, 5.74) is 1.74. The van der Waals surface area contributed by atoms with E-state index in [4.69, 9.17) is 9.88 Å². The fraction of sp³-hybridized carbons (Fsp3) is 0.348. The minimum Gasteiger partial charge on any atom is -0.481 e. The molecular weight excluding hydrogens is 476 g/mol. The van der Waals surface area contributed by atoms with Crippen molar-refractivity contribution in [2.75, 3.05) is 13.7 Å². The number of nitrogens with two attached hydrogens (primary N) is 1. The van der Waals surface area contributed by atoms with Crippen LogP contribution < -0.4 is 9.88 Å². The van der Waals surface area contributed by atoms with Crippen molar-refractivity contribution in [3.63, 3.8) is 0 Å². The van der Waals surface area contributed by atoms with Crippen LogP contribution in [-0.4, -0.2) is 44.0 Å². The third-order valence-corrected chi connectivity index (χ3v) is 8.36. The SMILES string of the molecule is COc1cc(-c2cccc(C(C)C)c2CC(=O)N=S(N)(=O)c2cnc(C(C)(O)CO)s2)ccn1. The van der Waals surface area contributed by atoms with Gasteiger partial charge in [0.2, 0.25) is 5.88 Å². The number of aliphatic hydroxyl groups excluding tert-OH is 1. The van der Waals surface area contributed by atoms with Gasteiger partial charge < -0.3 is 14.9 Å². The molecule has 0 aliphatic rings. The number of aliphatic hydroxyl groups is 2. The van der Waals surface area contributed by atoms with Gasteiger partial charge >= 0.3 is 0 Å². The number of hydrogen-bond donors (Lipinski definition) is 3. The number of nitrogens with zero attached hydrogens (tertiary/aromatic N) is 3. The van der Waals surface area contributed by atoms with Crippen molar-refractivity contribution in [1.82, 2.24) is 9.97 Å². The van der Waals surface area contributed by atoms with E-state index in [0.29, 0.717) is 5.88 Å². The van der Waals surface area contributed by atoms with Crippen molar-refractivity contribution in [2.45, 2.75) is 42.9 Å². The monoisotopic (exact) mass is 504 g/mol. The lowest BCUT2D eigenvalue weighted by Crippen LogP contribution is -2.25. The molecule has 0 spiro atoms. The Hall–Kier alpha value is -2.70. The molecular formula is C23H28N4O5S2. The summed E-state index contributed by atoms with van der Waals surface area (Å²) >= 11 is 0.843. The first kappa shape index (κ1) is 25.9. The van der Waals surface area contributed by atoms with Crippen LogP contribution in [0.2, 0.25) is 0 Å². The Kier molecular flexibility index (Phi) is 7.84. The Morgan fingerprint density at radius 1 is 1.32 bits per heavy atom. The van der Waals surface area contributed by atoms with E-state index in [1.54, 1.807) is 12.3 Å². The van der Waals surface area contributed by atoms with E-state index >= 15 is 0 Å². The van der Waals surface area contributed by atoms with Gasteiger partial charge in [0.15, 0.2) is 9.92 Å². The van der Waals surface area contributed by atoms with Gasteiger partial charge in [0.25, 0.3) is 5.91 Å². The lowest BCUT2D eigenvalue weighted by Gasteiger charge is -2.17. The number of benzene rings is 1. The number of methoxy groups -OCH3 is 1. The Balaban J connectivity index is 2.01. The highest BCUT2D eigenvalue weighted by Gasteiger charge is 2.28. The smallest absolute Gasteiger partial charge is 0.259 e. The molecule has 182 valence electrons. The van der Waals surface area contributed by atoms with E-state index in [2.05, 4.69) is 14.3 Å². The van der Waals surface area contributed by atoms with E-state index in [1.165, 1.54) is 20.2 Å². The molecule has 11 heteroatoms. The molecule has 2 unspecified atom stereocenters. The average Bonchev–Trinajstić information content (AvgIpc) is 3.31. The predicted octanol–water partition coefficient (Wildman–Crippen LogP) is 3.01. The Morgan fingerprint density at radius 2 is 2.06 bits per heavy atom. The van der Waals surface area contributed by atoms with Crippen molar-refractivity contribution in [3.05, 3.63) is 58.9 Å². The van der Waals surface area contributed by atoms with Crippen LogP contribution in [0, 0.1) is 0 Å². The number of aromatic nitrogens is 2. The Labute approximate surface area is 203 Å². The normalized spacial score (nSPS) is 14.9. The second-order valence-corrected chi connectivity index (χ2v) is 11.3. The van der Waals surface area contributed by atoms with Crippen LogP contribution in [0.3, 0.4) is 0 Å². The molecule has 2 heterocycles. The molecule has 0 bridgehead atoms. The Morgan fingerprint density at radius 3 is 2.71 bits per heavy atom. The van der Waals surface area contributed by atoms with E-state index in [1.807, 2.05) is 38.1 Å². The second-order valence-electron chi connectivity index (χ2n) is 8.26. The molecule has 0 fully saturated rings. The molecule has 0 aliphatic carbocycles. The third-order valence-electron chi connectivity index (χ3n) is 5.20. The molecule has 1 amide bonds. The molecule has 9 nitrogen and oxygen atoms in total. The van der Waals surface area contributed by atoms with Crippen molar-refractivity contribution in [2.24, 2.45) is 9.50 Å². The fourth-order valence-corrected chi connectivity index (χ4v) is 5.57. The zero-order chi connectivity index (χ0) is 25.1. The molecule has 0 radical (unpaired) electrons. The molecule has 3 rings (SSSR count). The number of carbonyl (C=O) groups excluding carboxylic acids is 1. The first-order valence-electron chi connectivity index (χ1n) is 10.5. The Bertz CT molecular complexity index is 1310. The average molecular weight is 505 g/mol. The van der Waals surface area contributed by atoms with Gasteiger partial charge in [-0.3, -0.25) is 4.79 Å². The van der Waals surface area contributed by atoms with Gasteiger partial charge in [-0.15, -0.1) is 15.7 Å². The van der Waals surface area contributed by atoms with Crippen LogP contribution in [0.1, 0.15) is 42.8 Å². The van der Waals surface area contributed by atoms with Crippen LogP contribution >= 0.6 is 11.3 Å². The minimum atomic E-state index is -3.59. The fourth-order valence-electron chi connectivity index (χ4n) is 3.39. The minimum absolute atomic E-state index is 0.0424. The number of hydrogen-bond acceptors (Lipinski definition) is 8. The van der Waals surface area contributed by atoms with E-state index < -0.39 is 28.0 Å². The number of rotatable bonds is 8.